The van der Waals surface area contributed by atoms with E-state index in [2.05, 4.69) is 5.32 Å². The quantitative estimate of drug-likeness (QED) is 0.533. The average Bonchev–Trinajstić information content (AvgIpc) is 2.80. The summed E-state index contributed by atoms with van der Waals surface area (Å²) in [5, 5.41) is 2.63. The molecule has 2 aliphatic heterocycles. The minimum Gasteiger partial charge on any atom is -0.489 e. The molecule has 1 amide bonds. The van der Waals surface area contributed by atoms with Gasteiger partial charge in [-0.15, -0.1) is 0 Å². The van der Waals surface area contributed by atoms with Gasteiger partial charge in [-0.2, -0.15) is 0 Å². The maximum Gasteiger partial charge on any atom is 0.260 e. The number of allylic oxidation sites excluding steroid dienone is 1. The van der Waals surface area contributed by atoms with Crippen LogP contribution < -0.4 is 5.32 Å². The van der Waals surface area contributed by atoms with Gasteiger partial charge in [0.15, 0.2) is 0 Å². The van der Waals surface area contributed by atoms with Crippen molar-refractivity contribution in [2.45, 2.75) is 0 Å². The Balaban J connectivity index is 2.18. The van der Waals surface area contributed by atoms with Gasteiger partial charge in [0.2, 0.25) is 0 Å². The third kappa shape index (κ3) is 1.55. The Hall–Kier alpha value is -2.04. The third-order valence-electron chi connectivity index (χ3n) is 2.81. The van der Waals surface area contributed by atoms with Crippen LogP contribution in [-0.2, 0) is 9.53 Å². The van der Waals surface area contributed by atoms with Crippen molar-refractivity contribution in [1.82, 2.24) is 0 Å². The maximum absolute atomic E-state index is 13.0. The van der Waals surface area contributed by atoms with Crippen molar-refractivity contribution >= 4 is 25.0 Å². The summed E-state index contributed by atoms with van der Waals surface area (Å²) in [6.07, 6.45) is 1.84. The Kier molecular flexibility index (Phi) is 2.08. The van der Waals surface area contributed by atoms with Gasteiger partial charge in [-0.3, -0.25) is 4.79 Å². The fourth-order valence-electron chi connectivity index (χ4n) is 2.03. The highest BCUT2D eigenvalue weighted by Crippen LogP contribution is 2.36. The fourth-order valence-corrected chi connectivity index (χ4v) is 2.03. The molecule has 0 fully saturated rings. The van der Waals surface area contributed by atoms with Gasteiger partial charge in [0.1, 0.15) is 26.0 Å². The van der Waals surface area contributed by atoms with Gasteiger partial charge in [0.25, 0.3) is 5.91 Å². The Morgan fingerprint density at radius 2 is 2.24 bits per heavy atom. The highest BCUT2D eigenvalue weighted by molar-refractivity contribution is 6.32. The molecule has 5 heteroatoms. The Morgan fingerprint density at radius 3 is 2.94 bits per heavy atom. The Morgan fingerprint density at radius 1 is 1.41 bits per heavy atom. The number of halogens is 1. The van der Waals surface area contributed by atoms with E-state index in [1.54, 1.807) is 6.07 Å². The molecule has 0 aromatic heterocycles. The number of hydrogen-bond donors (Lipinski definition) is 1. The van der Waals surface area contributed by atoms with E-state index in [9.17, 15) is 9.18 Å². The first kappa shape index (κ1) is 10.1. The van der Waals surface area contributed by atoms with E-state index in [-0.39, 0.29) is 11.7 Å². The van der Waals surface area contributed by atoms with Crippen LogP contribution in [0.25, 0.3) is 5.57 Å². The summed E-state index contributed by atoms with van der Waals surface area (Å²) in [4.78, 5) is 11.8. The molecule has 2 heterocycles. The van der Waals surface area contributed by atoms with Gasteiger partial charge in [0.05, 0.1) is 11.3 Å². The van der Waals surface area contributed by atoms with Gasteiger partial charge in [-0.05, 0) is 24.3 Å². The number of benzene rings is 1. The molecule has 0 saturated heterocycles. The molecule has 1 N–H and O–H groups in total. The number of nitrogens with one attached hydrogen (secondary N) is 1. The van der Waals surface area contributed by atoms with E-state index in [4.69, 9.17) is 4.74 Å². The number of carbonyl (C=O) groups excluding carboxylic acids is 1. The summed E-state index contributed by atoms with van der Waals surface area (Å²) < 4.78 is 18.5. The summed E-state index contributed by atoms with van der Waals surface area (Å²) in [7, 11) is 1.94. The number of fused-ring (bicyclic) bond motifs is 1. The second-order valence-electron chi connectivity index (χ2n) is 4.16. The monoisotopic (exact) mass is 229 g/mol. The van der Waals surface area contributed by atoms with Crippen molar-refractivity contribution in [3.63, 3.8) is 0 Å². The van der Waals surface area contributed by atoms with Crippen LogP contribution in [0.3, 0.4) is 0 Å². The minimum atomic E-state index is -0.366. The second kappa shape index (κ2) is 3.48. The second-order valence-corrected chi connectivity index (χ2v) is 4.16. The fraction of sp³-hybridized carbons (Fsp3) is 0.0833. The SMILES string of the molecule is BC1=C/C(=C2\C(=O)Nc3cc(F)ccc32)OC1. The largest absolute Gasteiger partial charge is 0.489 e. The lowest BCUT2D eigenvalue weighted by Crippen LogP contribution is -2.05. The highest BCUT2D eigenvalue weighted by atomic mass is 19.1. The predicted octanol–water partition coefficient (Wildman–Crippen LogP) is 1.04. The van der Waals surface area contributed by atoms with Crippen LogP contribution in [0.15, 0.2) is 35.5 Å². The van der Waals surface area contributed by atoms with Crippen LogP contribution in [0.4, 0.5) is 10.1 Å². The number of amides is 1. The molecule has 0 spiro atoms. The molecule has 0 bridgehead atoms. The van der Waals surface area contributed by atoms with Crippen LogP contribution >= 0.6 is 0 Å². The minimum absolute atomic E-state index is 0.244. The van der Waals surface area contributed by atoms with E-state index in [0.717, 1.165) is 5.47 Å². The molecule has 3 rings (SSSR count). The number of anilines is 1. The Bertz CT molecular complexity index is 592. The first-order valence-electron chi connectivity index (χ1n) is 5.30. The summed E-state index contributed by atoms with van der Waals surface area (Å²) in [5.41, 5.74) is 2.74. The van der Waals surface area contributed by atoms with Crippen molar-refractivity contribution in [2.75, 3.05) is 11.9 Å². The summed E-state index contributed by atoms with van der Waals surface area (Å²) in [6, 6.07) is 4.24. The van der Waals surface area contributed by atoms with Crippen molar-refractivity contribution in [3.8, 4) is 0 Å². The molecule has 0 aliphatic carbocycles. The standard InChI is InChI=1S/C12H9BFNO2/c13-6-3-10(17-5-6)11-8-2-1-7(14)4-9(8)15-12(11)16/h1-4H,5,13H2,(H,15,16)/b11-10+. The average molecular weight is 229 g/mol. The number of hydrogen-bond acceptors (Lipinski definition) is 2. The lowest BCUT2D eigenvalue weighted by atomic mass is 9.96. The zero-order valence-electron chi connectivity index (χ0n) is 9.21. The molecule has 0 radical (unpaired) electrons. The summed E-state index contributed by atoms with van der Waals surface area (Å²) in [6.45, 7) is 0.503. The van der Waals surface area contributed by atoms with E-state index >= 15 is 0 Å². The van der Waals surface area contributed by atoms with E-state index < -0.39 is 0 Å². The smallest absolute Gasteiger partial charge is 0.260 e. The zero-order chi connectivity index (χ0) is 12.0. The van der Waals surface area contributed by atoms with Crippen molar-refractivity contribution in [2.24, 2.45) is 0 Å². The first-order valence-corrected chi connectivity index (χ1v) is 5.30. The van der Waals surface area contributed by atoms with Crippen LogP contribution in [0.5, 0.6) is 0 Å². The van der Waals surface area contributed by atoms with Gasteiger partial charge >= 0.3 is 0 Å². The van der Waals surface area contributed by atoms with Gasteiger partial charge in [0, 0.05) is 5.56 Å². The van der Waals surface area contributed by atoms with Gasteiger partial charge in [-0.25, -0.2) is 4.39 Å². The van der Waals surface area contributed by atoms with Crippen LogP contribution in [0.2, 0.25) is 0 Å². The summed E-state index contributed by atoms with van der Waals surface area (Å²) in [5.74, 6) is -0.0497. The lowest BCUT2D eigenvalue weighted by Gasteiger charge is -2.02. The van der Waals surface area contributed by atoms with Crippen molar-refractivity contribution in [3.05, 3.63) is 46.9 Å². The number of carbonyl (C=O) groups is 1. The molecule has 1 aromatic rings. The topological polar surface area (TPSA) is 38.3 Å². The van der Waals surface area contributed by atoms with Gasteiger partial charge < -0.3 is 10.1 Å². The molecule has 2 aliphatic rings. The molecule has 0 unspecified atom stereocenters. The van der Waals surface area contributed by atoms with Crippen molar-refractivity contribution < 1.29 is 13.9 Å². The number of rotatable bonds is 0. The maximum atomic E-state index is 13.0. The van der Waals surface area contributed by atoms with E-state index in [1.807, 2.05) is 13.9 Å². The normalized spacial score (nSPS) is 21.9. The highest BCUT2D eigenvalue weighted by Gasteiger charge is 2.29. The molecule has 3 nitrogen and oxygen atoms in total. The van der Waals surface area contributed by atoms with Crippen LogP contribution in [0, 0.1) is 5.82 Å². The van der Waals surface area contributed by atoms with Crippen molar-refractivity contribution in [1.29, 1.82) is 0 Å². The predicted molar refractivity (Wildman–Crippen MR) is 64.5 cm³/mol. The first-order chi connectivity index (χ1) is 8.15. The molecular weight excluding hydrogens is 220 g/mol. The molecule has 17 heavy (non-hydrogen) atoms. The molecule has 84 valence electrons. The summed E-state index contributed by atoms with van der Waals surface area (Å²) >= 11 is 0. The molecule has 0 atom stereocenters. The Labute approximate surface area is 98.4 Å². The third-order valence-corrected chi connectivity index (χ3v) is 2.81. The number of ether oxygens (including phenoxy) is 1. The molecule has 0 saturated carbocycles. The zero-order valence-corrected chi connectivity index (χ0v) is 9.21. The van der Waals surface area contributed by atoms with Gasteiger partial charge in [-0.1, -0.05) is 5.47 Å². The van der Waals surface area contributed by atoms with E-state index in [1.165, 1.54) is 12.1 Å². The van der Waals surface area contributed by atoms with E-state index in [0.29, 0.717) is 29.2 Å². The lowest BCUT2D eigenvalue weighted by molar-refractivity contribution is -0.110. The molecular formula is C12H9BFNO2. The molecule has 1 aromatic carbocycles. The van der Waals surface area contributed by atoms with Crippen LogP contribution in [-0.4, -0.2) is 20.4 Å². The van der Waals surface area contributed by atoms with Crippen LogP contribution in [0.1, 0.15) is 5.56 Å².